The summed E-state index contributed by atoms with van der Waals surface area (Å²) in [5.41, 5.74) is 4.41. The van der Waals surface area contributed by atoms with Crippen LogP contribution in [0.15, 0.2) is 24.4 Å². The van der Waals surface area contributed by atoms with Crippen LogP contribution in [0, 0.1) is 6.92 Å². The Morgan fingerprint density at radius 2 is 1.88 bits per heavy atom. The van der Waals surface area contributed by atoms with E-state index in [9.17, 15) is 14.7 Å². The fourth-order valence-corrected chi connectivity index (χ4v) is 4.20. The molecule has 2 aliphatic rings. The lowest BCUT2D eigenvalue weighted by Gasteiger charge is -2.32. The SMILES string of the molecule is Cc1c(C(=O)O)cnn1C1CCN(C(=O)c2ccc3c(c2)CCC3)CC1. The molecule has 136 valence electrons. The van der Waals surface area contributed by atoms with Crippen LogP contribution in [0.2, 0.25) is 0 Å². The Morgan fingerprint density at radius 1 is 1.15 bits per heavy atom. The highest BCUT2D eigenvalue weighted by Gasteiger charge is 2.27. The van der Waals surface area contributed by atoms with Crippen molar-refractivity contribution in [2.75, 3.05) is 13.1 Å². The highest BCUT2D eigenvalue weighted by Crippen LogP contribution is 2.27. The topological polar surface area (TPSA) is 75.4 Å². The number of amides is 1. The zero-order valence-corrected chi connectivity index (χ0v) is 14.9. The Morgan fingerprint density at radius 3 is 2.58 bits per heavy atom. The van der Waals surface area contributed by atoms with Crippen molar-refractivity contribution < 1.29 is 14.7 Å². The summed E-state index contributed by atoms with van der Waals surface area (Å²) in [7, 11) is 0. The van der Waals surface area contributed by atoms with E-state index in [4.69, 9.17) is 0 Å². The zero-order chi connectivity index (χ0) is 18.3. The molecule has 1 aliphatic heterocycles. The number of aryl methyl sites for hydroxylation is 2. The van der Waals surface area contributed by atoms with Gasteiger partial charge in [0.25, 0.3) is 5.91 Å². The Kier molecular flexibility index (Phi) is 4.26. The maximum atomic E-state index is 12.8. The standard InChI is InChI=1S/C20H23N3O3/c1-13-18(20(25)26)12-21-23(13)17-7-9-22(10-8-17)19(24)16-6-5-14-3-2-4-15(14)11-16/h5-6,11-12,17H,2-4,7-10H2,1H3,(H,25,26). The predicted molar refractivity (Wildman–Crippen MR) is 96.6 cm³/mol. The number of rotatable bonds is 3. The third-order valence-electron chi connectivity index (χ3n) is 5.72. The lowest BCUT2D eigenvalue weighted by Crippen LogP contribution is -2.39. The van der Waals surface area contributed by atoms with Gasteiger partial charge < -0.3 is 10.0 Å². The fraction of sp³-hybridized carbons (Fsp3) is 0.450. The number of carboxylic acid groups (broad SMARTS) is 1. The maximum Gasteiger partial charge on any atom is 0.339 e. The van der Waals surface area contributed by atoms with Gasteiger partial charge in [-0.15, -0.1) is 0 Å². The predicted octanol–water partition coefficient (Wildman–Crippen LogP) is 2.86. The summed E-state index contributed by atoms with van der Waals surface area (Å²) < 4.78 is 1.81. The summed E-state index contributed by atoms with van der Waals surface area (Å²) >= 11 is 0. The number of carboxylic acids is 1. The second-order valence-electron chi connectivity index (χ2n) is 7.25. The molecule has 4 rings (SSSR count). The molecular formula is C20H23N3O3. The maximum absolute atomic E-state index is 12.8. The summed E-state index contributed by atoms with van der Waals surface area (Å²) in [5.74, 6) is -0.848. The van der Waals surface area contributed by atoms with Crippen molar-refractivity contribution in [1.82, 2.24) is 14.7 Å². The van der Waals surface area contributed by atoms with Gasteiger partial charge in [-0.05, 0) is 62.3 Å². The molecule has 1 saturated heterocycles. The minimum Gasteiger partial charge on any atom is -0.478 e. The average Bonchev–Trinajstić information content (AvgIpc) is 3.27. The van der Waals surface area contributed by atoms with Gasteiger partial charge in [0, 0.05) is 18.7 Å². The Bertz CT molecular complexity index is 863. The molecule has 2 aromatic rings. The van der Waals surface area contributed by atoms with Crippen LogP contribution in [-0.4, -0.2) is 44.8 Å². The Hall–Kier alpha value is -2.63. The Labute approximate surface area is 152 Å². The van der Waals surface area contributed by atoms with Gasteiger partial charge in [0.15, 0.2) is 0 Å². The quantitative estimate of drug-likeness (QED) is 0.921. The van der Waals surface area contributed by atoms with Crippen molar-refractivity contribution in [3.8, 4) is 0 Å². The molecule has 6 nitrogen and oxygen atoms in total. The molecule has 0 spiro atoms. The first kappa shape index (κ1) is 16.8. The number of carbonyl (C=O) groups is 2. The molecule has 0 saturated carbocycles. The van der Waals surface area contributed by atoms with Crippen molar-refractivity contribution >= 4 is 11.9 Å². The number of piperidine rings is 1. The van der Waals surface area contributed by atoms with Crippen LogP contribution in [0.25, 0.3) is 0 Å². The van der Waals surface area contributed by atoms with Crippen LogP contribution in [0.1, 0.15) is 62.8 Å². The molecule has 6 heteroatoms. The Balaban J connectivity index is 1.43. The smallest absolute Gasteiger partial charge is 0.339 e. The van der Waals surface area contributed by atoms with Crippen molar-refractivity contribution in [3.63, 3.8) is 0 Å². The summed E-state index contributed by atoms with van der Waals surface area (Å²) in [4.78, 5) is 25.9. The summed E-state index contributed by atoms with van der Waals surface area (Å²) in [6, 6.07) is 6.26. The molecule has 2 heterocycles. The van der Waals surface area contributed by atoms with Gasteiger partial charge in [0.05, 0.1) is 17.9 Å². The highest BCUT2D eigenvalue weighted by atomic mass is 16.4. The number of benzene rings is 1. The minimum atomic E-state index is -0.946. The van der Waals surface area contributed by atoms with Crippen LogP contribution < -0.4 is 0 Å². The van der Waals surface area contributed by atoms with Gasteiger partial charge in [0.2, 0.25) is 0 Å². The number of aromatic nitrogens is 2. The van der Waals surface area contributed by atoms with E-state index < -0.39 is 5.97 Å². The second kappa shape index (κ2) is 6.59. The molecule has 1 aliphatic carbocycles. The first-order valence-electron chi connectivity index (χ1n) is 9.23. The second-order valence-corrected chi connectivity index (χ2v) is 7.25. The van der Waals surface area contributed by atoms with Gasteiger partial charge >= 0.3 is 5.97 Å². The van der Waals surface area contributed by atoms with Crippen molar-refractivity contribution in [2.45, 2.75) is 45.1 Å². The van der Waals surface area contributed by atoms with Crippen LogP contribution in [0.4, 0.5) is 0 Å². The number of hydrogen-bond donors (Lipinski definition) is 1. The van der Waals surface area contributed by atoms with E-state index in [0.717, 1.165) is 31.2 Å². The van der Waals surface area contributed by atoms with Crippen LogP contribution >= 0.6 is 0 Å². The van der Waals surface area contributed by atoms with E-state index in [1.165, 1.54) is 23.7 Å². The van der Waals surface area contributed by atoms with E-state index in [1.807, 2.05) is 11.0 Å². The van der Waals surface area contributed by atoms with E-state index in [0.29, 0.717) is 18.8 Å². The summed E-state index contributed by atoms with van der Waals surface area (Å²) in [6.45, 7) is 3.13. The molecule has 1 amide bonds. The first-order valence-corrected chi connectivity index (χ1v) is 9.23. The number of aromatic carboxylic acids is 1. The molecule has 0 atom stereocenters. The van der Waals surface area contributed by atoms with Gasteiger partial charge in [-0.3, -0.25) is 9.48 Å². The van der Waals surface area contributed by atoms with E-state index in [-0.39, 0.29) is 17.5 Å². The van der Waals surface area contributed by atoms with Crippen molar-refractivity contribution in [1.29, 1.82) is 0 Å². The molecular weight excluding hydrogens is 330 g/mol. The average molecular weight is 353 g/mol. The van der Waals surface area contributed by atoms with Gasteiger partial charge in [-0.2, -0.15) is 5.10 Å². The summed E-state index contributed by atoms with van der Waals surface area (Å²) in [5, 5.41) is 13.4. The molecule has 26 heavy (non-hydrogen) atoms. The third kappa shape index (κ3) is 2.89. The molecule has 1 N–H and O–H groups in total. The van der Waals surface area contributed by atoms with Crippen LogP contribution in [-0.2, 0) is 12.8 Å². The lowest BCUT2D eigenvalue weighted by atomic mass is 10.0. The van der Waals surface area contributed by atoms with Crippen molar-refractivity contribution in [2.24, 2.45) is 0 Å². The molecule has 1 aromatic heterocycles. The van der Waals surface area contributed by atoms with E-state index in [1.54, 1.807) is 11.6 Å². The van der Waals surface area contributed by atoms with Gasteiger partial charge in [-0.25, -0.2) is 4.79 Å². The zero-order valence-electron chi connectivity index (χ0n) is 14.9. The highest BCUT2D eigenvalue weighted by molar-refractivity contribution is 5.94. The van der Waals surface area contributed by atoms with Crippen molar-refractivity contribution in [3.05, 3.63) is 52.3 Å². The molecule has 1 aromatic carbocycles. The normalized spacial score (nSPS) is 17.3. The number of hydrogen-bond acceptors (Lipinski definition) is 3. The number of likely N-dealkylation sites (tertiary alicyclic amines) is 1. The largest absolute Gasteiger partial charge is 0.478 e. The molecule has 0 bridgehead atoms. The van der Waals surface area contributed by atoms with E-state index >= 15 is 0 Å². The monoisotopic (exact) mass is 353 g/mol. The number of carbonyl (C=O) groups excluding carboxylic acids is 1. The lowest BCUT2D eigenvalue weighted by molar-refractivity contribution is 0.0688. The third-order valence-corrected chi connectivity index (χ3v) is 5.72. The molecule has 0 radical (unpaired) electrons. The van der Waals surface area contributed by atoms with Crippen LogP contribution in [0.3, 0.4) is 0 Å². The number of fused-ring (bicyclic) bond motifs is 1. The minimum absolute atomic E-state index is 0.0987. The first-order chi connectivity index (χ1) is 12.5. The number of nitrogens with zero attached hydrogens (tertiary/aromatic N) is 3. The van der Waals surface area contributed by atoms with Gasteiger partial charge in [-0.1, -0.05) is 6.07 Å². The summed E-state index contributed by atoms with van der Waals surface area (Å²) in [6.07, 6.45) is 6.37. The fourth-order valence-electron chi connectivity index (χ4n) is 4.20. The van der Waals surface area contributed by atoms with Gasteiger partial charge in [0.1, 0.15) is 5.56 Å². The molecule has 0 unspecified atom stereocenters. The molecule has 1 fully saturated rings. The van der Waals surface area contributed by atoms with Crippen LogP contribution in [0.5, 0.6) is 0 Å². The van der Waals surface area contributed by atoms with E-state index in [2.05, 4.69) is 17.2 Å².